The molecule has 162 valence electrons. The Morgan fingerprint density at radius 1 is 1.23 bits per heavy atom. The van der Waals surface area contributed by atoms with Crippen LogP contribution in [-0.4, -0.2) is 48.1 Å². The van der Waals surface area contributed by atoms with Crippen molar-refractivity contribution in [1.29, 1.82) is 0 Å². The lowest BCUT2D eigenvalue weighted by atomic mass is 10.1. The van der Waals surface area contributed by atoms with E-state index >= 15 is 0 Å². The third kappa shape index (κ3) is 5.64. The lowest BCUT2D eigenvalue weighted by Crippen LogP contribution is -2.30. The van der Waals surface area contributed by atoms with Crippen LogP contribution >= 0.6 is 11.6 Å². The Bertz CT molecular complexity index is 880. The minimum absolute atomic E-state index is 0.00536. The number of aryl methyl sites for hydroxylation is 1. The zero-order chi connectivity index (χ0) is 21.5. The summed E-state index contributed by atoms with van der Waals surface area (Å²) >= 11 is 5.99. The largest absolute Gasteiger partial charge is 0.469 e. The Morgan fingerprint density at radius 2 is 2.07 bits per heavy atom. The summed E-state index contributed by atoms with van der Waals surface area (Å²) in [5.74, 6) is -0.465. The molecule has 0 N–H and O–H groups in total. The quantitative estimate of drug-likeness (QED) is 0.446. The van der Waals surface area contributed by atoms with E-state index in [2.05, 4.69) is 0 Å². The van der Waals surface area contributed by atoms with Crippen LogP contribution in [0.5, 0.6) is 0 Å². The molecule has 1 aromatic heterocycles. The number of carbonyl (C=O) groups excluding carboxylic acids is 2. The van der Waals surface area contributed by atoms with Crippen LogP contribution in [0.25, 0.3) is 0 Å². The van der Waals surface area contributed by atoms with E-state index in [0.717, 1.165) is 36.1 Å². The van der Waals surface area contributed by atoms with Crippen molar-refractivity contribution < 1.29 is 19.1 Å². The number of aromatic nitrogens is 1. The summed E-state index contributed by atoms with van der Waals surface area (Å²) in [6, 6.07) is 9.55. The zero-order valence-electron chi connectivity index (χ0n) is 17.6. The summed E-state index contributed by atoms with van der Waals surface area (Å²) in [5.41, 5.74) is 2.81. The summed E-state index contributed by atoms with van der Waals surface area (Å²) < 4.78 is 12.6. The number of benzene rings is 1. The van der Waals surface area contributed by atoms with Gasteiger partial charge in [0.1, 0.15) is 0 Å². The standard InChI is InChI=1S/C23H29ClN2O4/c1-25-11-10-20(22(27)26-12-9-18(15-26)23(28)29-2)21(25)8-3-4-13-30-16-17-6-5-7-19(24)14-17/h5-7,10-11,14,18H,3-4,8-9,12-13,15-16H2,1-2H3/t18-/m0/s1. The molecule has 2 aromatic rings. The minimum Gasteiger partial charge on any atom is -0.469 e. The number of carbonyl (C=O) groups is 2. The van der Waals surface area contributed by atoms with Gasteiger partial charge in [-0.3, -0.25) is 9.59 Å². The van der Waals surface area contributed by atoms with Gasteiger partial charge < -0.3 is 18.9 Å². The topological polar surface area (TPSA) is 60.8 Å². The molecule has 1 aromatic carbocycles. The van der Waals surface area contributed by atoms with Crippen LogP contribution in [0.1, 0.15) is 40.9 Å². The molecule has 1 fully saturated rings. The maximum Gasteiger partial charge on any atom is 0.310 e. The lowest BCUT2D eigenvalue weighted by Gasteiger charge is -2.17. The van der Waals surface area contributed by atoms with Gasteiger partial charge in [0.05, 0.1) is 25.2 Å². The van der Waals surface area contributed by atoms with Crippen LogP contribution < -0.4 is 0 Å². The fourth-order valence-electron chi connectivity index (χ4n) is 3.86. The van der Waals surface area contributed by atoms with Crippen molar-refractivity contribution in [3.05, 3.63) is 58.4 Å². The first-order valence-corrected chi connectivity index (χ1v) is 10.7. The Balaban J connectivity index is 1.46. The van der Waals surface area contributed by atoms with Crippen molar-refractivity contribution in [2.45, 2.75) is 32.3 Å². The number of unbranched alkanes of at least 4 members (excludes halogenated alkanes) is 1. The predicted octanol–water partition coefficient (Wildman–Crippen LogP) is 3.85. The number of nitrogens with zero attached hydrogens (tertiary/aromatic N) is 2. The van der Waals surface area contributed by atoms with Gasteiger partial charge in [0.15, 0.2) is 0 Å². The second-order valence-corrected chi connectivity index (χ2v) is 8.12. The van der Waals surface area contributed by atoms with Gasteiger partial charge in [0, 0.05) is 43.7 Å². The molecule has 0 aliphatic carbocycles. The fourth-order valence-corrected chi connectivity index (χ4v) is 4.07. The van der Waals surface area contributed by atoms with Crippen molar-refractivity contribution in [1.82, 2.24) is 9.47 Å². The fraction of sp³-hybridized carbons (Fsp3) is 0.478. The van der Waals surface area contributed by atoms with Gasteiger partial charge in [-0.1, -0.05) is 23.7 Å². The average molecular weight is 433 g/mol. The van der Waals surface area contributed by atoms with Crippen molar-refractivity contribution in [3.8, 4) is 0 Å². The van der Waals surface area contributed by atoms with E-state index < -0.39 is 0 Å². The molecule has 1 aliphatic heterocycles. The third-order valence-electron chi connectivity index (χ3n) is 5.55. The van der Waals surface area contributed by atoms with Gasteiger partial charge in [-0.2, -0.15) is 0 Å². The normalized spacial score (nSPS) is 16.1. The molecular formula is C23H29ClN2O4. The highest BCUT2D eigenvalue weighted by Gasteiger charge is 2.33. The van der Waals surface area contributed by atoms with Gasteiger partial charge in [-0.25, -0.2) is 0 Å². The molecule has 7 heteroatoms. The number of rotatable bonds is 9. The molecule has 0 unspecified atom stereocenters. The zero-order valence-corrected chi connectivity index (χ0v) is 18.4. The van der Waals surface area contributed by atoms with Gasteiger partial charge in [-0.15, -0.1) is 0 Å². The summed E-state index contributed by atoms with van der Waals surface area (Å²) in [6.45, 7) is 2.22. The Hall–Kier alpha value is -2.31. The number of hydrogen-bond donors (Lipinski definition) is 0. The molecule has 0 spiro atoms. The number of amides is 1. The van der Waals surface area contributed by atoms with Crippen LogP contribution in [0, 0.1) is 5.92 Å². The third-order valence-corrected chi connectivity index (χ3v) is 5.79. The highest BCUT2D eigenvalue weighted by molar-refractivity contribution is 6.30. The van der Waals surface area contributed by atoms with Gasteiger partial charge in [0.2, 0.25) is 0 Å². The van der Waals surface area contributed by atoms with Crippen molar-refractivity contribution in [2.24, 2.45) is 13.0 Å². The highest BCUT2D eigenvalue weighted by atomic mass is 35.5. The molecule has 1 aliphatic rings. The van der Waals surface area contributed by atoms with E-state index in [0.29, 0.717) is 37.7 Å². The first kappa shape index (κ1) is 22.4. The summed E-state index contributed by atoms with van der Waals surface area (Å²) in [7, 11) is 3.35. The average Bonchev–Trinajstić information content (AvgIpc) is 3.37. The van der Waals surface area contributed by atoms with Crippen LogP contribution in [0.4, 0.5) is 0 Å². The lowest BCUT2D eigenvalue weighted by molar-refractivity contribution is -0.144. The van der Waals surface area contributed by atoms with Crippen LogP contribution in [-0.2, 0) is 34.3 Å². The monoisotopic (exact) mass is 432 g/mol. The maximum atomic E-state index is 13.0. The molecule has 1 saturated heterocycles. The highest BCUT2D eigenvalue weighted by Crippen LogP contribution is 2.22. The minimum atomic E-state index is -0.239. The van der Waals surface area contributed by atoms with Crippen molar-refractivity contribution in [3.63, 3.8) is 0 Å². The van der Waals surface area contributed by atoms with Gasteiger partial charge in [0.25, 0.3) is 5.91 Å². The first-order valence-electron chi connectivity index (χ1n) is 10.3. The van der Waals surface area contributed by atoms with E-state index in [1.165, 1.54) is 7.11 Å². The number of likely N-dealkylation sites (tertiary alicyclic amines) is 1. The number of hydrogen-bond acceptors (Lipinski definition) is 4. The van der Waals surface area contributed by atoms with E-state index in [9.17, 15) is 9.59 Å². The first-order chi connectivity index (χ1) is 14.5. The van der Waals surface area contributed by atoms with Gasteiger partial charge in [-0.05, 0) is 49.4 Å². The molecule has 0 saturated carbocycles. The van der Waals surface area contributed by atoms with Crippen LogP contribution in [0.2, 0.25) is 5.02 Å². The summed E-state index contributed by atoms with van der Waals surface area (Å²) in [5, 5.41) is 0.716. The molecule has 2 heterocycles. The van der Waals surface area contributed by atoms with Crippen LogP contribution in [0.3, 0.4) is 0 Å². The van der Waals surface area contributed by atoms with E-state index in [4.69, 9.17) is 21.1 Å². The second kappa shape index (κ2) is 10.6. The number of esters is 1. The molecule has 6 nitrogen and oxygen atoms in total. The molecule has 0 bridgehead atoms. The van der Waals surface area contributed by atoms with E-state index in [-0.39, 0.29) is 17.8 Å². The molecule has 0 radical (unpaired) electrons. The van der Waals surface area contributed by atoms with Gasteiger partial charge >= 0.3 is 5.97 Å². The van der Waals surface area contributed by atoms with Crippen molar-refractivity contribution >= 4 is 23.5 Å². The second-order valence-electron chi connectivity index (χ2n) is 7.69. The summed E-state index contributed by atoms with van der Waals surface area (Å²) in [4.78, 5) is 26.5. The van der Waals surface area contributed by atoms with Crippen molar-refractivity contribution in [2.75, 3.05) is 26.8 Å². The summed E-state index contributed by atoms with van der Waals surface area (Å²) in [6.07, 6.45) is 5.22. The number of methoxy groups -OCH3 is 1. The smallest absolute Gasteiger partial charge is 0.310 e. The Labute approximate surface area is 182 Å². The predicted molar refractivity (Wildman–Crippen MR) is 115 cm³/mol. The van der Waals surface area contributed by atoms with Crippen LogP contribution in [0.15, 0.2) is 36.5 Å². The molecule has 30 heavy (non-hydrogen) atoms. The Morgan fingerprint density at radius 3 is 2.83 bits per heavy atom. The maximum absolute atomic E-state index is 13.0. The molecule has 3 rings (SSSR count). The van der Waals surface area contributed by atoms with E-state index in [1.54, 1.807) is 4.90 Å². The Kier molecular flexibility index (Phi) is 7.94. The molecule has 1 amide bonds. The molecular weight excluding hydrogens is 404 g/mol. The molecule has 1 atom stereocenters. The number of halogens is 1. The number of ether oxygens (including phenoxy) is 2. The SMILES string of the molecule is COC(=O)[C@H]1CCN(C(=O)c2ccn(C)c2CCCCOCc2cccc(Cl)c2)C1. The van der Waals surface area contributed by atoms with E-state index in [1.807, 2.05) is 48.1 Å².